The maximum absolute atomic E-state index is 14.4. The molecule has 1 aliphatic rings. The molecule has 8 heteroatoms. The van der Waals surface area contributed by atoms with Gasteiger partial charge in [0.05, 0.1) is 25.9 Å². The number of phenolic OH excluding ortho intramolecular Hbond substituents is 2. The molecule has 0 amide bonds. The number of methoxy groups -OCH3 is 2. The van der Waals surface area contributed by atoms with Gasteiger partial charge in [0.1, 0.15) is 17.9 Å². The molecule has 0 spiro atoms. The molecule has 8 nitrogen and oxygen atoms in total. The Labute approximate surface area is 318 Å². The third-order valence-electron chi connectivity index (χ3n) is 10.9. The fourth-order valence-electron chi connectivity index (χ4n) is 7.91. The number of aliphatic imine (C=N–C) groups is 1. The SMILES string of the molecule is CCC1=C(C[C@@H](Cc2ccc(O)c(OC)c2)C(=O)C[C@@H](O)[C@@H](Cc2cc[nH]c2)Cc2ccc(O)c(OC)c2Cc2c(CC)ccc3ccccc23)C=N[CH+]1. The Hall–Kier alpha value is -5.47. The molecule has 2 heterocycles. The molecular weight excluding hydrogens is 677 g/mol. The maximum atomic E-state index is 14.4. The van der Waals surface area contributed by atoms with Crippen molar-refractivity contribution in [2.75, 3.05) is 14.2 Å². The van der Waals surface area contributed by atoms with Crippen LogP contribution >= 0.6 is 0 Å². The van der Waals surface area contributed by atoms with Crippen LogP contribution in [0.2, 0.25) is 0 Å². The molecule has 3 atom stereocenters. The van der Waals surface area contributed by atoms with E-state index in [9.17, 15) is 20.1 Å². The topological polar surface area (TPSA) is 124 Å². The number of aromatic nitrogens is 1. The predicted octanol–water partition coefficient (Wildman–Crippen LogP) is 8.67. The van der Waals surface area contributed by atoms with E-state index >= 15 is 0 Å². The van der Waals surface area contributed by atoms with Gasteiger partial charge in [0.2, 0.25) is 0 Å². The van der Waals surface area contributed by atoms with Crippen LogP contribution in [0.3, 0.4) is 0 Å². The number of hydrogen-bond acceptors (Lipinski definition) is 7. The number of carbonyl (C=O) groups is 1. The molecule has 0 bridgehead atoms. The number of ketones is 1. The second-order valence-electron chi connectivity index (χ2n) is 14.3. The van der Waals surface area contributed by atoms with Crippen LogP contribution in [0.1, 0.15) is 66.5 Å². The molecule has 4 aromatic carbocycles. The number of carbonyl (C=O) groups excluding carboxylic acids is 1. The summed E-state index contributed by atoms with van der Waals surface area (Å²) in [6.07, 6.45) is 8.76. The van der Waals surface area contributed by atoms with Gasteiger partial charge in [0.15, 0.2) is 29.2 Å². The molecule has 54 heavy (non-hydrogen) atoms. The van der Waals surface area contributed by atoms with Crippen LogP contribution in [0, 0.1) is 18.4 Å². The Bertz CT molecular complexity index is 2130. The monoisotopic (exact) mass is 727 g/mol. The molecule has 0 radical (unpaired) electrons. The number of aromatic amines is 1. The zero-order chi connectivity index (χ0) is 38.2. The number of aromatic hydroxyl groups is 2. The van der Waals surface area contributed by atoms with E-state index in [1.807, 2.05) is 49.4 Å². The average Bonchev–Trinajstić information content (AvgIpc) is 3.88. The van der Waals surface area contributed by atoms with E-state index in [4.69, 9.17) is 9.47 Å². The summed E-state index contributed by atoms with van der Waals surface area (Å²) in [6.45, 7) is 6.08. The summed E-state index contributed by atoms with van der Waals surface area (Å²) in [5, 5.41) is 35.7. The van der Waals surface area contributed by atoms with E-state index in [1.165, 1.54) is 18.2 Å². The van der Waals surface area contributed by atoms with Gasteiger partial charge in [-0.25, -0.2) is 0 Å². The number of hydrogen-bond donors (Lipinski definition) is 4. The van der Waals surface area contributed by atoms with Gasteiger partial charge in [0.25, 0.3) is 0 Å². The number of allylic oxidation sites excluding steroid dienone is 1. The van der Waals surface area contributed by atoms with Gasteiger partial charge in [-0.05, 0) is 101 Å². The highest BCUT2D eigenvalue weighted by Crippen LogP contribution is 2.39. The van der Waals surface area contributed by atoms with Crippen molar-refractivity contribution in [1.82, 2.24) is 4.98 Å². The number of nitrogens with zero attached hydrogens (tertiary/aromatic N) is 1. The number of benzene rings is 4. The lowest BCUT2D eigenvalue weighted by Gasteiger charge is -2.26. The lowest BCUT2D eigenvalue weighted by molar-refractivity contribution is -0.125. The summed E-state index contributed by atoms with van der Waals surface area (Å²) in [5.41, 5.74) is 8.26. The number of fused-ring (bicyclic) bond motifs is 1. The summed E-state index contributed by atoms with van der Waals surface area (Å²) >= 11 is 0. The van der Waals surface area contributed by atoms with Crippen molar-refractivity contribution in [3.05, 3.63) is 136 Å². The van der Waals surface area contributed by atoms with Crippen molar-refractivity contribution < 1.29 is 29.6 Å². The van der Waals surface area contributed by atoms with Gasteiger partial charge in [-0.1, -0.05) is 62.4 Å². The first-order valence-corrected chi connectivity index (χ1v) is 18.9. The normalized spacial score (nSPS) is 14.2. The number of aryl methyl sites for hydroxylation is 1. The van der Waals surface area contributed by atoms with E-state index in [2.05, 4.69) is 54.2 Å². The summed E-state index contributed by atoms with van der Waals surface area (Å²) in [4.78, 5) is 21.9. The number of rotatable bonds is 18. The number of aliphatic hydroxyl groups is 1. The highest BCUT2D eigenvalue weighted by molar-refractivity contribution is 5.88. The van der Waals surface area contributed by atoms with E-state index in [0.717, 1.165) is 57.0 Å². The van der Waals surface area contributed by atoms with Crippen LogP contribution < -0.4 is 9.47 Å². The minimum atomic E-state index is -0.955. The third-order valence-corrected chi connectivity index (χ3v) is 10.9. The summed E-state index contributed by atoms with van der Waals surface area (Å²) in [6, 6.07) is 23.4. The van der Waals surface area contributed by atoms with Crippen LogP contribution in [0.4, 0.5) is 0 Å². The lowest BCUT2D eigenvalue weighted by atomic mass is 9.80. The van der Waals surface area contributed by atoms with Crippen molar-refractivity contribution in [3.8, 4) is 23.0 Å². The van der Waals surface area contributed by atoms with Crippen molar-refractivity contribution in [3.63, 3.8) is 0 Å². The standard InChI is InChI=1S/C46H50N2O6/c1-5-31-12-13-33-9-7-8-10-38(33)39(31)24-40-34(14-16-42(50)46(40)54-4)22-36(20-30-17-18-47-26-30)44(52)25-43(51)35(23-37-28-48-27-32(37)6-2)19-29-11-15-41(49)45(21-29)53-3/h7-18,21,26-28,35-36,44,47,52H,5-6,19-20,22-25H2,1-4H3,(H-,49,50)/p+1/t35-,36+,44-/m1/s1. The van der Waals surface area contributed by atoms with Crippen LogP contribution in [0.15, 0.2) is 101 Å². The number of ether oxygens (including phenoxy) is 2. The van der Waals surface area contributed by atoms with Crippen molar-refractivity contribution >= 4 is 22.8 Å². The Morgan fingerprint density at radius 1 is 0.833 bits per heavy atom. The molecule has 0 unspecified atom stereocenters. The van der Waals surface area contributed by atoms with Gasteiger partial charge < -0.3 is 29.8 Å². The molecule has 0 fully saturated rings. The van der Waals surface area contributed by atoms with Crippen LogP contribution in [0.25, 0.3) is 10.8 Å². The van der Waals surface area contributed by atoms with Crippen LogP contribution in [0.5, 0.6) is 23.0 Å². The second kappa shape index (κ2) is 17.6. The number of aliphatic hydroxyl groups excluding tert-OH is 1. The van der Waals surface area contributed by atoms with E-state index in [-0.39, 0.29) is 29.6 Å². The van der Waals surface area contributed by atoms with Gasteiger partial charge in [0, 0.05) is 43.1 Å². The number of Topliss-reactive ketones (excluding diaryl/α,β-unsaturated/α-hetero) is 1. The van der Waals surface area contributed by atoms with Crippen molar-refractivity contribution in [2.24, 2.45) is 16.8 Å². The highest BCUT2D eigenvalue weighted by Gasteiger charge is 2.32. The van der Waals surface area contributed by atoms with Crippen LogP contribution in [-0.4, -0.2) is 52.6 Å². The van der Waals surface area contributed by atoms with E-state index in [0.29, 0.717) is 43.6 Å². The zero-order valence-corrected chi connectivity index (χ0v) is 31.6. The van der Waals surface area contributed by atoms with Crippen molar-refractivity contribution in [1.29, 1.82) is 0 Å². The molecule has 4 N–H and O–H groups in total. The fraction of sp³-hybridized carbons (Fsp3) is 0.326. The van der Waals surface area contributed by atoms with Gasteiger partial charge in [-0.15, -0.1) is 4.99 Å². The Kier molecular flexibility index (Phi) is 12.4. The smallest absolute Gasteiger partial charge is 0.176 e. The first kappa shape index (κ1) is 38.3. The molecule has 6 rings (SSSR count). The number of H-pyrrole nitrogens is 1. The molecular formula is C46H51N2O6+. The molecule has 1 aromatic heterocycles. The van der Waals surface area contributed by atoms with E-state index in [1.54, 1.807) is 25.3 Å². The predicted molar refractivity (Wildman–Crippen MR) is 215 cm³/mol. The molecule has 0 saturated carbocycles. The van der Waals surface area contributed by atoms with Gasteiger partial charge in [-0.2, -0.15) is 0 Å². The first-order valence-electron chi connectivity index (χ1n) is 18.9. The molecule has 0 saturated heterocycles. The summed E-state index contributed by atoms with van der Waals surface area (Å²) in [5.74, 6) is 0.0873. The maximum Gasteiger partial charge on any atom is 0.176 e. The number of phenols is 2. The van der Waals surface area contributed by atoms with Gasteiger partial charge >= 0.3 is 0 Å². The fourth-order valence-corrected chi connectivity index (χ4v) is 7.91. The largest absolute Gasteiger partial charge is 0.504 e. The first-order chi connectivity index (χ1) is 26.2. The molecule has 5 aromatic rings. The molecule has 1 aliphatic heterocycles. The van der Waals surface area contributed by atoms with Crippen molar-refractivity contribution in [2.45, 2.75) is 71.3 Å². The summed E-state index contributed by atoms with van der Waals surface area (Å²) < 4.78 is 11.2. The molecule has 0 aliphatic carbocycles. The van der Waals surface area contributed by atoms with Crippen LogP contribution in [-0.2, 0) is 36.9 Å². The zero-order valence-electron chi connectivity index (χ0n) is 31.6. The Balaban J connectivity index is 1.33. The summed E-state index contributed by atoms with van der Waals surface area (Å²) in [7, 11) is 3.08. The number of nitrogens with one attached hydrogen (secondary N) is 1. The van der Waals surface area contributed by atoms with Gasteiger partial charge in [-0.3, -0.25) is 4.79 Å². The lowest BCUT2D eigenvalue weighted by Crippen LogP contribution is -2.31. The minimum absolute atomic E-state index is 0.0293. The van der Waals surface area contributed by atoms with E-state index < -0.39 is 12.0 Å². The second-order valence-corrected chi connectivity index (χ2v) is 14.3. The Morgan fingerprint density at radius 2 is 1.63 bits per heavy atom. The quantitative estimate of drug-likeness (QED) is 0.0670. The third kappa shape index (κ3) is 8.66. The Morgan fingerprint density at radius 3 is 2.37 bits per heavy atom. The minimum Gasteiger partial charge on any atom is -0.504 e. The highest BCUT2D eigenvalue weighted by atomic mass is 16.5. The molecule has 280 valence electrons. The average molecular weight is 728 g/mol.